The number of carbonyl (C=O) groups excluding carboxylic acids is 1. The summed E-state index contributed by atoms with van der Waals surface area (Å²) >= 11 is 0. The molecule has 1 amide bonds. The highest BCUT2D eigenvalue weighted by Gasteiger charge is 2.16. The summed E-state index contributed by atoms with van der Waals surface area (Å²) in [6.07, 6.45) is 7.87. The maximum absolute atomic E-state index is 12.7. The van der Waals surface area contributed by atoms with Crippen molar-refractivity contribution in [3.8, 4) is 11.5 Å². The van der Waals surface area contributed by atoms with Gasteiger partial charge in [0.1, 0.15) is 5.75 Å². The first kappa shape index (κ1) is 20.8. The van der Waals surface area contributed by atoms with Crippen LogP contribution in [0.5, 0.6) is 11.5 Å². The number of nitrogens with one attached hydrogen (secondary N) is 1. The normalized spacial score (nSPS) is 14.2. The van der Waals surface area contributed by atoms with E-state index >= 15 is 0 Å². The van der Waals surface area contributed by atoms with Crippen molar-refractivity contribution >= 4 is 11.7 Å². The highest BCUT2D eigenvalue weighted by atomic mass is 16.5. The Morgan fingerprint density at radius 3 is 2.68 bits per heavy atom. The second-order valence-electron chi connectivity index (χ2n) is 7.66. The Kier molecular flexibility index (Phi) is 6.76. The lowest BCUT2D eigenvalue weighted by molar-refractivity contribution is 0.102. The predicted molar refractivity (Wildman–Crippen MR) is 114 cm³/mol. The Morgan fingerprint density at radius 2 is 1.94 bits per heavy atom. The van der Waals surface area contributed by atoms with Gasteiger partial charge in [-0.1, -0.05) is 24.4 Å². The summed E-state index contributed by atoms with van der Waals surface area (Å²) in [6, 6.07) is 10.5. The molecular formula is C23H26N4O4. The lowest BCUT2D eigenvalue weighted by Crippen LogP contribution is -2.17. The zero-order chi connectivity index (χ0) is 21.5. The fourth-order valence-corrected chi connectivity index (χ4v) is 3.59. The van der Waals surface area contributed by atoms with E-state index in [-0.39, 0.29) is 12.5 Å². The molecule has 0 radical (unpaired) electrons. The van der Waals surface area contributed by atoms with Crippen LogP contribution in [0.4, 0.5) is 5.82 Å². The lowest BCUT2D eigenvalue weighted by atomic mass is 9.90. The van der Waals surface area contributed by atoms with Gasteiger partial charge in [0, 0.05) is 18.7 Å². The standard InChI is InChI=1S/C23H26N4O4/c1-16-25-21(27-31-16)15-29-19-11-9-18(10-12-19)23(28)26-22-20(8-5-13-24-22)30-14-17-6-3-2-4-7-17/h5,8-13,17H,2-4,6-7,14-15H2,1H3,(H,24,26,28). The quantitative estimate of drug-likeness (QED) is 0.568. The summed E-state index contributed by atoms with van der Waals surface area (Å²) in [4.78, 5) is 21.1. The first-order valence-electron chi connectivity index (χ1n) is 10.6. The highest BCUT2D eigenvalue weighted by molar-refractivity contribution is 6.04. The second kappa shape index (κ2) is 10.1. The smallest absolute Gasteiger partial charge is 0.256 e. The Labute approximate surface area is 181 Å². The SMILES string of the molecule is Cc1nc(COc2ccc(C(=O)Nc3ncccc3OCC3CCCCC3)cc2)no1. The van der Waals surface area contributed by atoms with Gasteiger partial charge < -0.3 is 19.3 Å². The van der Waals surface area contributed by atoms with Gasteiger partial charge in [0.2, 0.25) is 11.7 Å². The molecule has 0 bridgehead atoms. The molecule has 0 aliphatic heterocycles. The molecule has 0 unspecified atom stereocenters. The van der Waals surface area contributed by atoms with Crippen molar-refractivity contribution in [3.63, 3.8) is 0 Å². The van der Waals surface area contributed by atoms with Crippen molar-refractivity contribution in [2.24, 2.45) is 5.92 Å². The molecule has 0 spiro atoms. The van der Waals surface area contributed by atoms with Crippen LogP contribution in [0.1, 0.15) is 54.2 Å². The third kappa shape index (κ3) is 5.81. The van der Waals surface area contributed by atoms with E-state index in [0.717, 1.165) is 0 Å². The number of benzene rings is 1. The minimum Gasteiger partial charge on any atom is -0.489 e. The second-order valence-corrected chi connectivity index (χ2v) is 7.66. The van der Waals surface area contributed by atoms with Gasteiger partial charge in [0.25, 0.3) is 5.91 Å². The molecule has 2 heterocycles. The molecule has 1 fully saturated rings. The number of rotatable bonds is 8. The van der Waals surface area contributed by atoms with Gasteiger partial charge in [0.15, 0.2) is 18.2 Å². The van der Waals surface area contributed by atoms with Gasteiger partial charge in [0.05, 0.1) is 6.61 Å². The maximum Gasteiger partial charge on any atom is 0.256 e. The third-order valence-electron chi connectivity index (χ3n) is 5.26. The topological polar surface area (TPSA) is 99.4 Å². The van der Waals surface area contributed by atoms with E-state index in [1.165, 1.54) is 32.1 Å². The first-order chi connectivity index (χ1) is 15.2. The Morgan fingerprint density at radius 1 is 1.13 bits per heavy atom. The van der Waals surface area contributed by atoms with Crippen LogP contribution >= 0.6 is 0 Å². The van der Waals surface area contributed by atoms with E-state index in [0.29, 0.717) is 47.1 Å². The van der Waals surface area contributed by atoms with Crippen molar-refractivity contribution < 1.29 is 18.8 Å². The van der Waals surface area contributed by atoms with Gasteiger partial charge in [-0.05, 0) is 55.2 Å². The molecule has 1 aromatic carbocycles. The third-order valence-corrected chi connectivity index (χ3v) is 5.26. The monoisotopic (exact) mass is 422 g/mol. The molecule has 1 saturated carbocycles. The molecule has 0 atom stereocenters. The van der Waals surface area contributed by atoms with Crippen LogP contribution in [-0.4, -0.2) is 27.6 Å². The number of aromatic nitrogens is 3. The van der Waals surface area contributed by atoms with Crippen LogP contribution in [0.2, 0.25) is 0 Å². The van der Waals surface area contributed by atoms with Crippen LogP contribution in [-0.2, 0) is 6.61 Å². The number of anilines is 1. The summed E-state index contributed by atoms with van der Waals surface area (Å²) in [6.45, 7) is 2.57. The highest BCUT2D eigenvalue weighted by Crippen LogP contribution is 2.27. The molecule has 8 heteroatoms. The average Bonchev–Trinajstić information content (AvgIpc) is 3.23. The van der Waals surface area contributed by atoms with Crippen LogP contribution in [0.25, 0.3) is 0 Å². The van der Waals surface area contributed by atoms with Crippen LogP contribution in [0, 0.1) is 12.8 Å². The summed E-state index contributed by atoms with van der Waals surface area (Å²) in [5.41, 5.74) is 0.492. The number of amides is 1. The Balaban J connectivity index is 1.33. The summed E-state index contributed by atoms with van der Waals surface area (Å²) in [5.74, 6) is 2.89. The van der Waals surface area contributed by atoms with E-state index in [9.17, 15) is 4.79 Å². The number of ether oxygens (including phenoxy) is 2. The van der Waals surface area contributed by atoms with Crippen LogP contribution < -0.4 is 14.8 Å². The fourth-order valence-electron chi connectivity index (χ4n) is 3.59. The van der Waals surface area contributed by atoms with E-state index in [4.69, 9.17) is 14.0 Å². The van der Waals surface area contributed by atoms with E-state index in [1.807, 2.05) is 12.1 Å². The van der Waals surface area contributed by atoms with E-state index in [2.05, 4.69) is 20.4 Å². The molecule has 1 aliphatic rings. The molecule has 0 saturated heterocycles. The molecular weight excluding hydrogens is 396 g/mol. The van der Waals surface area contributed by atoms with Gasteiger partial charge >= 0.3 is 0 Å². The Bertz CT molecular complexity index is 997. The zero-order valence-electron chi connectivity index (χ0n) is 17.5. The zero-order valence-corrected chi connectivity index (χ0v) is 17.5. The fraction of sp³-hybridized carbons (Fsp3) is 0.391. The van der Waals surface area contributed by atoms with Crippen molar-refractivity contribution in [1.82, 2.24) is 15.1 Å². The van der Waals surface area contributed by atoms with E-state index in [1.54, 1.807) is 37.4 Å². The summed E-state index contributed by atoms with van der Waals surface area (Å²) in [5, 5.41) is 6.63. The number of nitrogens with zero attached hydrogens (tertiary/aromatic N) is 3. The van der Waals surface area contributed by atoms with Crippen molar-refractivity contribution in [1.29, 1.82) is 0 Å². The molecule has 3 aromatic rings. The molecule has 4 rings (SSSR count). The Hall–Kier alpha value is -3.42. The number of pyridine rings is 1. The molecule has 1 N–H and O–H groups in total. The number of carbonyl (C=O) groups is 1. The molecule has 31 heavy (non-hydrogen) atoms. The van der Waals surface area contributed by atoms with Crippen LogP contribution in [0.15, 0.2) is 47.1 Å². The minimum absolute atomic E-state index is 0.193. The molecule has 1 aliphatic carbocycles. The van der Waals surface area contributed by atoms with E-state index < -0.39 is 0 Å². The van der Waals surface area contributed by atoms with Crippen LogP contribution in [0.3, 0.4) is 0 Å². The largest absolute Gasteiger partial charge is 0.489 e. The molecule has 2 aromatic heterocycles. The summed E-state index contributed by atoms with van der Waals surface area (Å²) < 4.78 is 16.5. The predicted octanol–water partition coefficient (Wildman–Crippen LogP) is 4.56. The first-order valence-corrected chi connectivity index (χ1v) is 10.6. The van der Waals surface area contributed by atoms with Crippen molar-refractivity contribution in [2.75, 3.05) is 11.9 Å². The number of hydrogen-bond acceptors (Lipinski definition) is 7. The molecule has 8 nitrogen and oxygen atoms in total. The average molecular weight is 422 g/mol. The summed E-state index contributed by atoms with van der Waals surface area (Å²) in [7, 11) is 0. The maximum atomic E-state index is 12.7. The van der Waals surface area contributed by atoms with Gasteiger partial charge in [-0.3, -0.25) is 4.79 Å². The van der Waals surface area contributed by atoms with Gasteiger partial charge in [-0.15, -0.1) is 0 Å². The lowest BCUT2D eigenvalue weighted by Gasteiger charge is -2.22. The number of aryl methyl sites for hydroxylation is 1. The van der Waals surface area contributed by atoms with Crippen molar-refractivity contribution in [2.45, 2.75) is 45.6 Å². The molecule has 162 valence electrons. The number of hydrogen-bond donors (Lipinski definition) is 1. The van der Waals surface area contributed by atoms with Crippen molar-refractivity contribution in [3.05, 3.63) is 59.9 Å². The van der Waals surface area contributed by atoms with Gasteiger partial charge in [-0.25, -0.2) is 4.98 Å². The minimum atomic E-state index is -0.262. The van der Waals surface area contributed by atoms with Gasteiger partial charge in [-0.2, -0.15) is 4.98 Å².